The lowest BCUT2D eigenvalue weighted by Crippen LogP contribution is -2.02. The Bertz CT molecular complexity index is 619. The van der Waals surface area contributed by atoms with Crippen LogP contribution in [0, 0.1) is 0 Å². The minimum atomic E-state index is 0.162. The van der Waals surface area contributed by atoms with Gasteiger partial charge in [-0.3, -0.25) is 0 Å². The van der Waals surface area contributed by atoms with Crippen molar-refractivity contribution >= 4 is 35.0 Å². The summed E-state index contributed by atoms with van der Waals surface area (Å²) in [6.45, 7) is 0. The van der Waals surface area contributed by atoms with E-state index in [9.17, 15) is 0 Å². The fourth-order valence-corrected chi connectivity index (χ4v) is 2.06. The van der Waals surface area contributed by atoms with Crippen molar-refractivity contribution in [2.75, 3.05) is 25.2 Å². The number of aromatic nitrogens is 2. The number of rotatable bonds is 3. The van der Waals surface area contributed by atoms with Gasteiger partial charge in [0.1, 0.15) is 16.6 Å². The Morgan fingerprint density at radius 2 is 2.00 bits per heavy atom. The summed E-state index contributed by atoms with van der Waals surface area (Å²) >= 11 is 12.1. The molecule has 0 aliphatic rings. The molecular weight excluding hydrogens is 287 g/mol. The molecule has 0 amide bonds. The van der Waals surface area contributed by atoms with Crippen molar-refractivity contribution in [1.82, 2.24) is 9.97 Å². The van der Waals surface area contributed by atoms with E-state index in [4.69, 9.17) is 33.7 Å². The Balaban J connectivity index is 2.65. The third kappa shape index (κ3) is 2.67. The highest BCUT2D eigenvalue weighted by Crippen LogP contribution is 2.40. The van der Waals surface area contributed by atoms with Gasteiger partial charge in [0.25, 0.3) is 0 Å². The highest BCUT2D eigenvalue weighted by molar-refractivity contribution is 6.43. The molecule has 1 aromatic heterocycles. The minimum absolute atomic E-state index is 0.162. The summed E-state index contributed by atoms with van der Waals surface area (Å²) in [7, 11) is 3.27. The molecule has 0 unspecified atom stereocenters. The van der Waals surface area contributed by atoms with Crippen molar-refractivity contribution in [3.05, 3.63) is 28.2 Å². The Morgan fingerprint density at radius 1 is 1.26 bits per heavy atom. The zero-order valence-electron chi connectivity index (χ0n) is 10.4. The van der Waals surface area contributed by atoms with Gasteiger partial charge in [-0.25, -0.2) is 4.98 Å². The van der Waals surface area contributed by atoms with Crippen LogP contribution in [0.4, 0.5) is 11.8 Å². The molecule has 7 heteroatoms. The molecule has 0 aliphatic carbocycles. The molecule has 0 bridgehead atoms. The maximum atomic E-state index is 6.11. The van der Waals surface area contributed by atoms with Gasteiger partial charge in [-0.05, 0) is 12.1 Å². The first-order chi connectivity index (χ1) is 9.06. The van der Waals surface area contributed by atoms with Gasteiger partial charge >= 0.3 is 0 Å². The standard InChI is InChI=1S/C12H12Cl2N4O/c1-16-9-5-8(17-12(15)18-9)6-3-4-7(13)10(14)11(6)19-2/h3-5H,1-2H3,(H3,15,16,17,18). The van der Waals surface area contributed by atoms with Gasteiger partial charge in [0.15, 0.2) is 0 Å². The molecule has 0 spiro atoms. The second-order valence-electron chi connectivity index (χ2n) is 3.69. The van der Waals surface area contributed by atoms with Crippen LogP contribution in [0.15, 0.2) is 18.2 Å². The molecule has 1 heterocycles. The van der Waals surface area contributed by atoms with Crippen LogP contribution in [0.5, 0.6) is 5.75 Å². The number of nitrogens with one attached hydrogen (secondary N) is 1. The molecule has 0 fully saturated rings. The highest BCUT2D eigenvalue weighted by atomic mass is 35.5. The Hall–Kier alpha value is -1.72. The third-order valence-corrected chi connectivity index (χ3v) is 3.32. The number of halogens is 2. The van der Waals surface area contributed by atoms with E-state index in [2.05, 4.69) is 15.3 Å². The molecule has 5 nitrogen and oxygen atoms in total. The van der Waals surface area contributed by atoms with Crippen molar-refractivity contribution in [1.29, 1.82) is 0 Å². The monoisotopic (exact) mass is 298 g/mol. The van der Waals surface area contributed by atoms with E-state index in [1.807, 2.05) is 0 Å². The second-order valence-corrected chi connectivity index (χ2v) is 4.47. The van der Waals surface area contributed by atoms with Crippen molar-refractivity contribution in [2.45, 2.75) is 0 Å². The zero-order chi connectivity index (χ0) is 14.0. The van der Waals surface area contributed by atoms with Gasteiger partial charge < -0.3 is 15.8 Å². The Morgan fingerprint density at radius 3 is 2.63 bits per heavy atom. The van der Waals surface area contributed by atoms with E-state index in [1.54, 1.807) is 25.2 Å². The highest BCUT2D eigenvalue weighted by Gasteiger charge is 2.15. The van der Waals surface area contributed by atoms with Crippen LogP contribution < -0.4 is 15.8 Å². The van der Waals surface area contributed by atoms with Crippen molar-refractivity contribution in [3.63, 3.8) is 0 Å². The quantitative estimate of drug-likeness (QED) is 0.911. The molecule has 0 saturated carbocycles. The molecule has 100 valence electrons. The van der Waals surface area contributed by atoms with Crippen molar-refractivity contribution in [2.24, 2.45) is 0 Å². The van der Waals surface area contributed by atoms with E-state index in [0.717, 1.165) is 0 Å². The molecule has 0 saturated heterocycles. The fraction of sp³-hybridized carbons (Fsp3) is 0.167. The Labute approximate surface area is 120 Å². The first-order valence-electron chi connectivity index (χ1n) is 5.41. The summed E-state index contributed by atoms with van der Waals surface area (Å²) in [5.74, 6) is 1.22. The van der Waals surface area contributed by atoms with Gasteiger partial charge in [-0.15, -0.1) is 0 Å². The zero-order valence-corrected chi connectivity index (χ0v) is 11.9. The lowest BCUT2D eigenvalue weighted by Gasteiger charge is -2.12. The smallest absolute Gasteiger partial charge is 0.222 e. The van der Waals surface area contributed by atoms with Crippen LogP contribution in [0.1, 0.15) is 0 Å². The van der Waals surface area contributed by atoms with Crippen molar-refractivity contribution < 1.29 is 4.74 Å². The average Bonchev–Trinajstić information content (AvgIpc) is 2.40. The summed E-state index contributed by atoms with van der Waals surface area (Å²) in [6.07, 6.45) is 0. The number of benzene rings is 1. The lowest BCUT2D eigenvalue weighted by molar-refractivity contribution is 0.416. The first-order valence-corrected chi connectivity index (χ1v) is 6.17. The van der Waals surface area contributed by atoms with Crippen LogP contribution in [-0.4, -0.2) is 24.1 Å². The number of nitrogens with zero attached hydrogens (tertiary/aromatic N) is 2. The van der Waals surface area contributed by atoms with E-state index in [-0.39, 0.29) is 5.95 Å². The van der Waals surface area contributed by atoms with Crippen LogP contribution in [0.25, 0.3) is 11.3 Å². The largest absolute Gasteiger partial charge is 0.494 e. The predicted molar refractivity (Wildman–Crippen MR) is 78.0 cm³/mol. The van der Waals surface area contributed by atoms with Gasteiger partial charge in [0.05, 0.1) is 17.8 Å². The summed E-state index contributed by atoms with van der Waals surface area (Å²) in [6, 6.07) is 5.20. The minimum Gasteiger partial charge on any atom is -0.494 e. The summed E-state index contributed by atoms with van der Waals surface area (Å²) < 4.78 is 5.29. The predicted octanol–water partition coefficient (Wildman–Crippen LogP) is 3.08. The van der Waals surface area contributed by atoms with Crippen molar-refractivity contribution in [3.8, 4) is 17.0 Å². The van der Waals surface area contributed by atoms with Gasteiger partial charge in [0, 0.05) is 18.7 Å². The molecule has 2 aromatic rings. The summed E-state index contributed by atoms with van der Waals surface area (Å²) in [4.78, 5) is 8.21. The number of ether oxygens (including phenoxy) is 1. The molecule has 3 N–H and O–H groups in total. The fourth-order valence-electron chi connectivity index (χ4n) is 1.67. The van der Waals surface area contributed by atoms with E-state index in [0.29, 0.717) is 32.9 Å². The third-order valence-electron chi connectivity index (χ3n) is 2.53. The maximum absolute atomic E-state index is 6.11. The second kappa shape index (κ2) is 5.50. The SMILES string of the molecule is CNc1cc(-c2ccc(Cl)c(Cl)c2OC)nc(N)n1. The van der Waals surface area contributed by atoms with Gasteiger partial charge in [-0.2, -0.15) is 4.98 Å². The maximum Gasteiger partial charge on any atom is 0.222 e. The molecular formula is C12H12Cl2N4O. The Kier molecular flexibility index (Phi) is 3.97. The number of hydrogen-bond acceptors (Lipinski definition) is 5. The summed E-state index contributed by atoms with van der Waals surface area (Å²) in [5, 5.41) is 3.66. The van der Waals surface area contributed by atoms with Gasteiger partial charge in [-0.1, -0.05) is 23.2 Å². The molecule has 0 radical (unpaired) electrons. The number of hydrogen-bond donors (Lipinski definition) is 2. The van der Waals surface area contributed by atoms with E-state index >= 15 is 0 Å². The molecule has 2 rings (SSSR count). The molecule has 0 aliphatic heterocycles. The van der Waals surface area contributed by atoms with Crippen LogP contribution in [-0.2, 0) is 0 Å². The van der Waals surface area contributed by atoms with Gasteiger partial charge in [0.2, 0.25) is 5.95 Å². The van der Waals surface area contributed by atoms with E-state index < -0.39 is 0 Å². The van der Waals surface area contributed by atoms with Crippen LogP contribution in [0.2, 0.25) is 10.0 Å². The number of nitrogen functional groups attached to an aromatic ring is 1. The number of nitrogens with two attached hydrogens (primary N) is 1. The topological polar surface area (TPSA) is 73.1 Å². The summed E-state index contributed by atoms with van der Waals surface area (Å²) in [5.41, 5.74) is 6.97. The van der Waals surface area contributed by atoms with Crippen LogP contribution in [0.3, 0.4) is 0 Å². The molecule has 0 atom stereocenters. The van der Waals surface area contributed by atoms with E-state index in [1.165, 1.54) is 7.11 Å². The lowest BCUT2D eigenvalue weighted by atomic mass is 10.1. The number of methoxy groups -OCH3 is 1. The molecule has 19 heavy (non-hydrogen) atoms. The first kappa shape index (κ1) is 13.7. The number of anilines is 2. The van der Waals surface area contributed by atoms with Crippen LogP contribution >= 0.6 is 23.2 Å². The molecule has 1 aromatic carbocycles. The average molecular weight is 299 g/mol. The normalized spacial score (nSPS) is 10.3.